The fraction of sp³-hybridized carbons (Fsp3) is 0.0909. The van der Waals surface area contributed by atoms with Gasteiger partial charge < -0.3 is 0 Å². The molecule has 0 bridgehead atoms. The Kier molecular flexibility index (Phi) is 2.68. The normalized spacial score (nSPS) is 10.5. The van der Waals surface area contributed by atoms with E-state index in [2.05, 4.69) is 15.9 Å². The monoisotopic (exact) mass is 265 g/mol. The number of fused-ring (bicyclic) bond motifs is 1. The molecule has 0 radical (unpaired) electrons. The highest BCUT2D eigenvalue weighted by molar-refractivity contribution is 9.08. The van der Waals surface area contributed by atoms with E-state index >= 15 is 0 Å². The number of hydrogen-bond acceptors (Lipinski definition) is 2. The van der Waals surface area contributed by atoms with Crippen LogP contribution in [0.4, 0.5) is 5.69 Å². The second kappa shape index (κ2) is 3.98. The minimum absolute atomic E-state index is 0.162. The van der Waals surface area contributed by atoms with Crippen LogP contribution in [0.3, 0.4) is 0 Å². The molecule has 2 rings (SSSR count). The van der Waals surface area contributed by atoms with E-state index in [-0.39, 0.29) is 10.6 Å². The molecule has 0 N–H and O–H groups in total. The van der Waals surface area contributed by atoms with Crippen molar-refractivity contribution in [3.05, 3.63) is 52.1 Å². The molecule has 0 saturated heterocycles. The smallest absolute Gasteiger partial charge is 0.258 e. The van der Waals surface area contributed by atoms with Gasteiger partial charge in [0.05, 0.1) is 10.3 Å². The predicted molar refractivity (Wildman–Crippen MR) is 63.2 cm³/mol. The first-order valence-electron chi connectivity index (χ1n) is 4.45. The molecule has 0 saturated carbocycles. The Balaban J connectivity index is 2.83. The summed E-state index contributed by atoms with van der Waals surface area (Å²) in [6.45, 7) is 0. The van der Waals surface area contributed by atoms with Gasteiger partial charge in [0.2, 0.25) is 0 Å². The van der Waals surface area contributed by atoms with E-state index in [1.54, 1.807) is 18.2 Å². The summed E-state index contributed by atoms with van der Waals surface area (Å²) in [7, 11) is 0. The van der Waals surface area contributed by atoms with Gasteiger partial charge in [-0.25, -0.2) is 0 Å². The lowest BCUT2D eigenvalue weighted by Crippen LogP contribution is -1.91. The topological polar surface area (TPSA) is 43.1 Å². The molecule has 76 valence electrons. The summed E-state index contributed by atoms with van der Waals surface area (Å²) in [5.41, 5.74) is 1.23. The molecule has 0 aliphatic heterocycles. The van der Waals surface area contributed by atoms with Crippen LogP contribution in [0.5, 0.6) is 0 Å². The molecule has 0 spiro atoms. The number of alkyl halides is 1. The SMILES string of the molecule is O=[N+]([O-])c1ccc(CBr)c2ccccc12. The van der Waals surface area contributed by atoms with Crippen molar-refractivity contribution in [1.82, 2.24) is 0 Å². The molecule has 0 heterocycles. The number of hydrogen-bond donors (Lipinski definition) is 0. The largest absolute Gasteiger partial charge is 0.277 e. The molecule has 0 aliphatic carbocycles. The summed E-state index contributed by atoms with van der Waals surface area (Å²) in [4.78, 5) is 10.5. The number of non-ortho nitro benzene ring substituents is 1. The Labute approximate surface area is 95.0 Å². The van der Waals surface area contributed by atoms with Gasteiger partial charge in [-0.05, 0) is 17.0 Å². The van der Waals surface area contributed by atoms with E-state index in [0.29, 0.717) is 10.7 Å². The van der Waals surface area contributed by atoms with Crippen molar-refractivity contribution in [2.45, 2.75) is 5.33 Å². The van der Waals surface area contributed by atoms with Crippen LogP contribution >= 0.6 is 15.9 Å². The summed E-state index contributed by atoms with van der Waals surface area (Å²) >= 11 is 3.37. The van der Waals surface area contributed by atoms with Crippen molar-refractivity contribution in [2.75, 3.05) is 0 Å². The number of benzene rings is 2. The highest BCUT2D eigenvalue weighted by atomic mass is 79.9. The zero-order valence-corrected chi connectivity index (χ0v) is 9.40. The average molecular weight is 266 g/mol. The second-order valence-corrected chi connectivity index (χ2v) is 3.74. The Bertz CT molecular complexity index is 525. The standard InChI is InChI=1S/C11H8BrNO2/c12-7-8-5-6-11(13(14)15)10-4-2-1-3-9(8)10/h1-6H,7H2. The van der Waals surface area contributed by atoms with Crippen molar-refractivity contribution in [1.29, 1.82) is 0 Å². The third kappa shape index (κ3) is 1.72. The fourth-order valence-electron chi connectivity index (χ4n) is 1.62. The summed E-state index contributed by atoms with van der Waals surface area (Å²) in [5.74, 6) is 0. The predicted octanol–water partition coefficient (Wildman–Crippen LogP) is 3.64. The molecule has 0 unspecified atom stereocenters. The van der Waals surface area contributed by atoms with Crippen LogP contribution in [0.25, 0.3) is 10.8 Å². The third-order valence-corrected chi connectivity index (χ3v) is 2.94. The van der Waals surface area contributed by atoms with Gasteiger partial charge in [-0.15, -0.1) is 0 Å². The van der Waals surface area contributed by atoms with E-state index in [0.717, 1.165) is 10.9 Å². The van der Waals surface area contributed by atoms with Gasteiger partial charge in [0, 0.05) is 11.4 Å². The molecule has 0 amide bonds. The van der Waals surface area contributed by atoms with Gasteiger partial charge >= 0.3 is 0 Å². The van der Waals surface area contributed by atoms with Crippen LogP contribution in [0, 0.1) is 10.1 Å². The fourth-order valence-corrected chi connectivity index (χ4v) is 2.11. The zero-order chi connectivity index (χ0) is 10.8. The number of nitrogens with zero attached hydrogens (tertiary/aromatic N) is 1. The van der Waals surface area contributed by atoms with Crippen molar-refractivity contribution >= 4 is 32.4 Å². The molecule has 15 heavy (non-hydrogen) atoms. The number of rotatable bonds is 2. The number of halogens is 1. The van der Waals surface area contributed by atoms with Crippen LogP contribution in [-0.4, -0.2) is 4.92 Å². The van der Waals surface area contributed by atoms with E-state index in [4.69, 9.17) is 0 Å². The molecular formula is C11H8BrNO2. The number of nitro groups is 1. The summed E-state index contributed by atoms with van der Waals surface area (Å²) in [6.07, 6.45) is 0. The van der Waals surface area contributed by atoms with Crippen LogP contribution in [-0.2, 0) is 5.33 Å². The lowest BCUT2D eigenvalue weighted by molar-refractivity contribution is -0.383. The Hall–Kier alpha value is -1.42. The lowest BCUT2D eigenvalue weighted by Gasteiger charge is -2.03. The summed E-state index contributed by atoms with van der Waals surface area (Å²) in [6, 6.07) is 10.7. The van der Waals surface area contributed by atoms with Crippen LogP contribution in [0.15, 0.2) is 36.4 Å². The van der Waals surface area contributed by atoms with Crippen LogP contribution in [0.1, 0.15) is 5.56 Å². The Morgan fingerprint density at radius 3 is 2.40 bits per heavy atom. The van der Waals surface area contributed by atoms with Crippen molar-refractivity contribution in [2.24, 2.45) is 0 Å². The first-order valence-corrected chi connectivity index (χ1v) is 5.57. The van der Waals surface area contributed by atoms with Gasteiger partial charge in [0.1, 0.15) is 0 Å². The molecule has 2 aromatic rings. The molecule has 0 aromatic heterocycles. The molecular weight excluding hydrogens is 258 g/mol. The lowest BCUT2D eigenvalue weighted by atomic mass is 10.0. The first-order chi connectivity index (χ1) is 7.24. The van der Waals surface area contributed by atoms with Gasteiger partial charge in [-0.3, -0.25) is 10.1 Å². The highest BCUT2D eigenvalue weighted by Gasteiger charge is 2.12. The maximum Gasteiger partial charge on any atom is 0.277 e. The molecule has 2 aromatic carbocycles. The molecule has 4 heteroatoms. The first kappa shape index (κ1) is 10.1. The third-order valence-electron chi connectivity index (χ3n) is 2.33. The molecule has 0 atom stereocenters. The summed E-state index contributed by atoms with van der Waals surface area (Å²) in [5, 5.41) is 13.1. The van der Waals surface area contributed by atoms with Gasteiger partial charge in [0.15, 0.2) is 0 Å². The minimum Gasteiger partial charge on any atom is -0.258 e. The minimum atomic E-state index is -0.347. The van der Waals surface area contributed by atoms with Crippen LogP contribution in [0.2, 0.25) is 0 Å². The second-order valence-electron chi connectivity index (χ2n) is 3.18. The van der Waals surface area contributed by atoms with E-state index in [9.17, 15) is 10.1 Å². The van der Waals surface area contributed by atoms with Gasteiger partial charge in [-0.2, -0.15) is 0 Å². The average Bonchev–Trinajstić information content (AvgIpc) is 2.27. The maximum absolute atomic E-state index is 10.8. The van der Waals surface area contributed by atoms with Gasteiger partial charge in [0.25, 0.3) is 5.69 Å². The zero-order valence-electron chi connectivity index (χ0n) is 7.81. The number of nitro benzene ring substituents is 1. The van der Waals surface area contributed by atoms with E-state index in [1.807, 2.05) is 18.2 Å². The Morgan fingerprint density at radius 1 is 1.13 bits per heavy atom. The van der Waals surface area contributed by atoms with Crippen molar-refractivity contribution in [3.63, 3.8) is 0 Å². The Morgan fingerprint density at radius 2 is 1.80 bits per heavy atom. The molecule has 0 fully saturated rings. The van der Waals surface area contributed by atoms with Crippen molar-refractivity contribution in [3.8, 4) is 0 Å². The summed E-state index contributed by atoms with van der Waals surface area (Å²) < 4.78 is 0. The van der Waals surface area contributed by atoms with Crippen LogP contribution < -0.4 is 0 Å². The molecule has 3 nitrogen and oxygen atoms in total. The van der Waals surface area contributed by atoms with E-state index in [1.165, 1.54) is 0 Å². The van der Waals surface area contributed by atoms with Gasteiger partial charge in [-0.1, -0.05) is 40.2 Å². The molecule has 0 aliphatic rings. The van der Waals surface area contributed by atoms with E-state index < -0.39 is 0 Å². The maximum atomic E-state index is 10.8. The van der Waals surface area contributed by atoms with Crippen molar-refractivity contribution < 1.29 is 4.92 Å². The highest BCUT2D eigenvalue weighted by Crippen LogP contribution is 2.29. The quantitative estimate of drug-likeness (QED) is 0.473.